The minimum atomic E-state index is -1.28. The van der Waals surface area contributed by atoms with Crippen LogP contribution in [0.15, 0.2) is 57.6 Å². The Balaban J connectivity index is 1.36. The molecule has 246 valence electrons. The van der Waals surface area contributed by atoms with Crippen molar-refractivity contribution < 1.29 is 28.3 Å². The first-order chi connectivity index (χ1) is 23.1. The predicted molar refractivity (Wildman–Crippen MR) is 168 cm³/mol. The third kappa shape index (κ3) is 4.48. The molecule has 15 nitrogen and oxygen atoms in total. The van der Waals surface area contributed by atoms with Crippen LogP contribution in [0, 0.1) is 11.8 Å². The summed E-state index contributed by atoms with van der Waals surface area (Å²) in [6.07, 6.45) is -0.324. The van der Waals surface area contributed by atoms with Crippen LogP contribution in [-0.2, 0) is 21.4 Å². The molecule has 0 aliphatic carbocycles. The Bertz CT molecular complexity index is 2040. The second-order valence-electron chi connectivity index (χ2n) is 13.0. The van der Waals surface area contributed by atoms with E-state index in [2.05, 4.69) is 41.6 Å². The van der Waals surface area contributed by atoms with Crippen molar-refractivity contribution in [2.75, 3.05) is 5.32 Å². The number of nitrogens with one attached hydrogen (secondary N) is 4. The fourth-order valence-corrected chi connectivity index (χ4v) is 6.77. The molecule has 48 heavy (non-hydrogen) atoms. The summed E-state index contributed by atoms with van der Waals surface area (Å²) >= 11 is 0. The molecule has 5 N–H and O–H groups in total. The first-order valence-electron chi connectivity index (χ1n) is 15.8. The Kier molecular flexibility index (Phi) is 6.84. The molecule has 2 amide bonds. The first kappa shape index (κ1) is 29.8. The maximum atomic E-state index is 14.0. The molecule has 5 aromatic rings. The van der Waals surface area contributed by atoms with E-state index >= 15 is 0 Å². The van der Waals surface area contributed by atoms with Gasteiger partial charge in [0.05, 0.1) is 0 Å². The van der Waals surface area contributed by atoms with E-state index in [0.29, 0.717) is 28.7 Å². The summed E-state index contributed by atoms with van der Waals surface area (Å²) in [6, 6.07) is 11.9. The van der Waals surface area contributed by atoms with E-state index in [1.54, 1.807) is 13.8 Å². The third-order valence-electron chi connectivity index (χ3n) is 9.25. The zero-order valence-electron chi connectivity index (χ0n) is 26.5. The molecular weight excluding hydrogens is 618 g/mol. The highest BCUT2D eigenvalue weighted by Crippen LogP contribution is 2.59. The fraction of sp³-hybridized carbons (Fsp3) is 0.364. The average molecular weight is 652 g/mol. The Morgan fingerprint density at radius 1 is 1.08 bits per heavy atom. The number of hydrogen-bond acceptors (Lipinski definition) is 12. The van der Waals surface area contributed by atoms with Crippen LogP contribution in [0.1, 0.15) is 62.1 Å². The van der Waals surface area contributed by atoms with E-state index in [4.69, 9.17) is 18.6 Å². The molecule has 8 rings (SSSR count). The number of fused-ring (bicyclic) bond motifs is 4. The number of amides is 2. The number of carbonyl (C=O) groups excluding carboxylic acids is 2. The van der Waals surface area contributed by atoms with Crippen molar-refractivity contribution in [1.29, 1.82) is 0 Å². The molecule has 0 fully saturated rings. The van der Waals surface area contributed by atoms with E-state index in [1.807, 2.05) is 56.3 Å². The zero-order chi connectivity index (χ0) is 33.3. The van der Waals surface area contributed by atoms with Crippen molar-refractivity contribution in [1.82, 2.24) is 41.2 Å². The molecular formula is C33H33N9O6. The zero-order valence-corrected chi connectivity index (χ0v) is 26.5. The van der Waals surface area contributed by atoms with E-state index in [-0.39, 0.29) is 30.0 Å². The van der Waals surface area contributed by atoms with Gasteiger partial charge in [0.25, 0.3) is 0 Å². The lowest BCUT2D eigenvalue weighted by Crippen LogP contribution is -2.52. The number of ether oxygens (including phenoxy) is 1. The number of carbonyl (C=O) groups is 2. The van der Waals surface area contributed by atoms with Crippen molar-refractivity contribution in [3.05, 3.63) is 77.1 Å². The summed E-state index contributed by atoms with van der Waals surface area (Å²) < 4.78 is 19.4. The average Bonchev–Trinajstić information content (AvgIpc) is 3.89. The summed E-state index contributed by atoms with van der Waals surface area (Å²) in [5.41, 5.74) is 2.93. The highest BCUT2D eigenvalue weighted by atomic mass is 16.5. The lowest BCUT2D eigenvalue weighted by Gasteiger charge is -2.29. The highest BCUT2D eigenvalue weighted by Gasteiger charge is 2.61. The second-order valence-corrected chi connectivity index (χ2v) is 13.0. The lowest BCUT2D eigenvalue weighted by molar-refractivity contribution is -0.135. The van der Waals surface area contributed by atoms with Crippen LogP contribution in [0.25, 0.3) is 23.1 Å². The molecule has 3 unspecified atom stereocenters. The second kappa shape index (κ2) is 11.0. The number of aromatic nitrogens is 6. The van der Waals surface area contributed by atoms with E-state index in [0.717, 1.165) is 22.4 Å². The molecule has 2 aromatic carbocycles. The van der Waals surface area contributed by atoms with Gasteiger partial charge in [0.2, 0.25) is 29.4 Å². The summed E-state index contributed by atoms with van der Waals surface area (Å²) in [7, 11) is 0. The minimum Gasteiger partial charge on any atom is -0.469 e. The van der Waals surface area contributed by atoms with E-state index in [9.17, 15) is 14.7 Å². The number of benzene rings is 2. The molecule has 5 atom stereocenters. The standard InChI is InChI=1S/C33H33N9O6/c1-14(2)23-31-38-24(30-35-21(13-46-30)27-39-41-42-40-27)26(48-31)33-17-7-5-6-8-19(17)36-32(33)47-22-10-9-16(11-18(22)33)12-20(28(44)37-23)34-29(45)25(43)15(3)4/h5-11,13-15,20,23,25,32,36,43H,12H2,1-4H3,(H,34,45)(H,37,44)(H,39,40,41,42)/t20?,23?,25-,32?,33-/m0/s1. The molecule has 0 saturated heterocycles. The summed E-state index contributed by atoms with van der Waals surface area (Å²) in [4.78, 5) is 36.7. The van der Waals surface area contributed by atoms with Gasteiger partial charge in [0.1, 0.15) is 41.3 Å². The van der Waals surface area contributed by atoms with Gasteiger partial charge in [-0.2, -0.15) is 0 Å². The summed E-state index contributed by atoms with van der Waals surface area (Å²) in [5, 5.41) is 33.8. The Hall–Kier alpha value is -5.57. The smallest absolute Gasteiger partial charge is 0.249 e. The number of H-pyrrole nitrogens is 1. The third-order valence-corrected chi connectivity index (χ3v) is 9.25. The van der Waals surface area contributed by atoms with Crippen molar-refractivity contribution in [2.45, 2.75) is 63.9 Å². The van der Waals surface area contributed by atoms with Crippen LogP contribution >= 0.6 is 0 Å². The van der Waals surface area contributed by atoms with Gasteiger partial charge in [-0.3, -0.25) is 9.59 Å². The molecule has 15 heteroatoms. The van der Waals surface area contributed by atoms with Crippen molar-refractivity contribution in [2.24, 2.45) is 11.8 Å². The Labute approximate surface area is 273 Å². The van der Waals surface area contributed by atoms with Gasteiger partial charge in [-0.05, 0) is 45.5 Å². The van der Waals surface area contributed by atoms with E-state index < -0.39 is 41.6 Å². The number of oxazole rings is 2. The number of para-hydroxylation sites is 1. The number of anilines is 1. The highest BCUT2D eigenvalue weighted by molar-refractivity contribution is 5.90. The molecule has 6 heterocycles. The predicted octanol–water partition coefficient (Wildman–Crippen LogP) is 2.86. The van der Waals surface area contributed by atoms with Crippen molar-refractivity contribution in [3.63, 3.8) is 0 Å². The van der Waals surface area contributed by atoms with Crippen LogP contribution in [0.3, 0.4) is 0 Å². The number of aromatic amines is 1. The van der Waals surface area contributed by atoms with Gasteiger partial charge >= 0.3 is 0 Å². The number of aliphatic hydroxyl groups is 1. The van der Waals surface area contributed by atoms with E-state index in [1.165, 1.54) is 6.26 Å². The normalized spacial score (nSPS) is 23.0. The van der Waals surface area contributed by atoms with Crippen molar-refractivity contribution in [3.8, 4) is 28.9 Å². The molecule has 3 aliphatic heterocycles. The summed E-state index contributed by atoms with van der Waals surface area (Å²) in [6.45, 7) is 7.34. The number of hydrogen-bond donors (Lipinski definition) is 5. The SMILES string of the molecule is CC(C)C1NC(=O)C(NC(=O)[C@@H](O)C(C)C)Cc2ccc3c(c2)[C@@]2(c4ccccc4NC2O3)c2oc1nc2-c1nc(-c2nnn[nH]2)co1. The van der Waals surface area contributed by atoms with Crippen molar-refractivity contribution >= 4 is 17.5 Å². The Morgan fingerprint density at radius 2 is 1.92 bits per heavy atom. The number of nitrogens with zero attached hydrogens (tertiary/aromatic N) is 5. The number of aliphatic hydroxyl groups excluding tert-OH is 1. The first-order valence-corrected chi connectivity index (χ1v) is 15.8. The van der Waals surface area contributed by atoms with Gasteiger partial charge in [0, 0.05) is 17.7 Å². The molecule has 4 bridgehead atoms. The fourth-order valence-electron chi connectivity index (χ4n) is 6.77. The summed E-state index contributed by atoms with van der Waals surface area (Å²) in [5.74, 6) is 0.121. The molecule has 1 spiro atoms. The van der Waals surface area contributed by atoms with Gasteiger partial charge < -0.3 is 34.6 Å². The number of rotatable bonds is 6. The topological polar surface area (TPSA) is 206 Å². The van der Waals surface area contributed by atoms with Gasteiger partial charge in [0.15, 0.2) is 17.7 Å². The maximum absolute atomic E-state index is 14.0. The lowest BCUT2D eigenvalue weighted by atomic mass is 9.72. The molecule has 0 saturated carbocycles. The molecule has 3 aromatic heterocycles. The van der Waals surface area contributed by atoms with Crippen LogP contribution in [0.2, 0.25) is 0 Å². The molecule has 0 radical (unpaired) electrons. The largest absolute Gasteiger partial charge is 0.469 e. The number of tetrazole rings is 1. The van der Waals surface area contributed by atoms with Gasteiger partial charge in [-0.1, -0.05) is 58.0 Å². The molecule has 3 aliphatic rings. The quantitative estimate of drug-likeness (QED) is 0.180. The Morgan fingerprint density at radius 3 is 2.69 bits per heavy atom. The van der Waals surface area contributed by atoms with Crippen LogP contribution in [0.4, 0.5) is 5.69 Å². The van der Waals surface area contributed by atoms with Gasteiger partial charge in [-0.25, -0.2) is 15.1 Å². The van der Waals surface area contributed by atoms with Gasteiger partial charge in [-0.15, -0.1) is 5.10 Å². The van der Waals surface area contributed by atoms with Crippen LogP contribution in [-0.4, -0.2) is 65.9 Å². The maximum Gasteiger partial charge on any atom is 0.249 e. The minimum absolute atomic E-state index is 0.157. The van der Waals surface area contributed by atoms with Crippen LogP contribution < -0.4 is 20.7 Å². The monoisotopic (exact) mass is 651 g/mol. The van der Waals surface area contributed by atoms with Crippen LogP contribution in [0.5, 0.6) is 5.75 Å².